The topological polar surface area (TPSA) is 40.6 Å². The SMILES string of the molecule is Cc1sc(CCl)cc1S(=O)(=O)N(C)C1CCN(C)CC1. The van der Waals surface area contributed by atoms with Crippen LogP contribution in [-0.2, 0) is 15.9 Å². The summed E-state index contributed by atoms with van der Waals surface area (Å²) in [5, 5.41) is 0. The Morgan fingerprint density at radius 3 is 2.55 bits per heavy atom. The monoisotopic (exact) mass is 336 g/mol. The first-order valence-corrected chi connectivity index (χ1v) is 9.47. The third kappa shape index (κ3) is 3.20. The number of thiophene rings is 1. The van der Waals surface area contributed by atoms with E-state index in [1.807, 2.05) is 6.92 Å². The highest BCUT2D eigenvalue weighted by Crippen LogP contribution is 2.30. The molecule has 1 aromatic heterocycles. The van der Waals surface area contributed by atoms with Crippen LogP contribution in [0.5, 0.6) is 0 Å². The maximum absolute atomic E-state index is 12.7. The fraction of sp³-hybridized carbons (Fsp3) is 0.692. The maximum Gasteiger partial charge on any atom is 0.244 e. The Bertz CT molecular complexity index is 563. The Kier molecular flexibility index (Phi) is 5.13. The van der Waals surface area contributed by atoms with Crippen molar-refractivity contribution < 1.29 is 8.42 Å². The molecule has 0 amide bonds. The van der Waals surface area contributed by atoms with E-state index in [0.29, 0.717) is 10.8 Å². The smallest absolute Gasteiger partial charge is 0.244 e. The van der Waals surface area contributed by atoms with Crippen molar-refractivity contribution in [3.8, 4) is 0 Å². The number of nitrogens with zero attached hydrogens (tertiary/aromatic N) is 2. The molecule has 20 heavy (non-hydrogen) atoms. The molecule has 0 aliphatic carbocycles. The fourth-order valence-corrected chi connectivity index (χ4v) is 5.66. The zero-order chi connectivity index (χ0) is 14.9. The lowest BCUT2D eigenvalue weighted by molar-refractivity contribution is 0.197. The molecule has 1 aliphatic rings. The second kappa shape index (κ2) is 6.32. The van der Waals surface area contributed by atoms with Crippen LogP contribution in [0.1, 0.15) is 22.6 Å². The van der Waals surface area contributed by atoms with Gasteiger partial charge >= 0.3 is 0 Å². The van der Waals surface area contributed by atoms with Gasteiger partial charge in [0.25, 0.3) is 0 Å². The molecule has 1 aliphatic heterocycles. The quantitative estimate of drug-likeness (QED) is 0.793. The first-order valence-electron chi connectivity index (χ1n) is 6.68. The zero-order valence-electron chi connectivity index (χ0n) is 12.1. The van der Waals surface area contributed by atoms with E-state index in [2.05, 4.69) is 11.9 Å². The molecule has 0 spiro atoms. The predicted molar refractivity (Wildman–Crippen MR) is 84.1 cm³/mol. The van der Waals surface area contributed by atoms with Gasteiger partial charge in [0.15, 0.2) is 0 Å². The van der Waals surface area contributed by atoms with Crippen molar-refractivity contribution in [1.82, 2.24) is 9.21 Å². The summed E-state index contributed by atoms with van der Waals surface area (Å²) in [5.41, 5.74) is 0. The van der Waals surface area contributed by atoms with Crippen LogP contribution >= 0.6 is 22.9 Å². The van der Waals surface area contributed by atoms with Gasteiger partial charge in [-0.15, -0.1) is 22.9 Å². The Balaban J connectivity index is 2.22. The third-order valence-electron chi connectivity index (χ3n) is 3.91. The average molecular weight is 337 g/mol. The summed E-state index contributed by atoms with van der Waals surface area (Å²) in [4.78, 5) is 4.37. The molecule has 1 saturated heterocycles. The van der Waals surface area contributed by atoms with Gasteiger partial charge in [0.1, 0.15) is 0 Å². The van der Waals surface area contributed by atoms with Gasteiger partial charge in [-0.1, -0.05) is 0 Å². The van der Waals surface area contributed by atoms with Gasteiger partial charge in [-0.2, -0.15) is 4.31 Å². The molecule has 0 saturated carbocycles. The number of alkyl halides is 1. The van der Waals surface area contributed by atoms with E-state index < -0.39 is 10.0 Å². The molecule has 0 N–H and O–H groups in total. The summed E-state index contributed by atoms with van der Waals surface area (Å²) in [6.45, 7) is 3.73. The van der Waals surface area contributed by atoms with Crippen LogP contribution in [0.2, 0.25) is 0 Å². The van der Waals surface area contributed by atoms with Crippen LogP contribution in [0.25, 0.3) is 0 Å². The number of likely N-dealkylation sites (tertiary alicyclic amines) is 1. The molecule has 114 valence electrons. The number of rotatable bonds is 4. The summed E-state index contributed by atoms with van der Waals surface area (Å²) in [6.07, 6.45) is 1.77. The summed E-state index contributed by atoms with van der Waals surface area (Å²) >= 11 is 7.26. The largest absolute Gasteiger partial charge is 0.306 e. The van der Waals surface area contributed by atoms with Crippen molar-refractivity contribution >= 4 is 33.0 Å². The van der Waals surface area contributed by atoms with Gasteiger partial charge in [0.05, 0.1) is 10.8 Å². The van der Waals surface area contributed by atoms with Gasteiger partial charge in [-0.3, -0.25) is 0 Å². The molecular formula is C13H21ClN2O2S2. The number of sulfonamides is 1. The zero-order valence-corrected chi connectivity index (χ0v) is 14.5. The van der Waals surface area contributed by atoms with Crippen molar-refractivity contribution in [2.45, 2.75) is 36.6 Å². The highest BCUT2D eigenvalue weighted by Gasteiger charge is 2.31. The first-order chi connectivity index (χ1) is 9.36. The average Bonchev–Trinajstić information content (AvgIpc) is 2.81. The van der Waals surface area contributed by atoms with E-state index in [1.165, 1.54) is 11.3 Å². The van der Waals surface area contributed by atoms with Crippen LogP contribution in [0.15, 0.2) is 11.0 Å². The van der Waals surface area contributed by atoms with E-state index in [4.69, 9.17) is 11.6 Å². The molecule has 7 heteroatoms. The molecule has 0 bridgehead atoms. The van der Waals surface area contributed by atoms with Crippen LogP contribution in [0.4, 0.5) is 0 Å². The predicted octanol–water partition coefficient (Wildman–Crippen LogP) is 2.51. The van der Waals surface area contributed by atoms with E-state index >= 15 is 0 Å². The minimum atomic E-state index is -3.41. The Morgan fingerprint density at radius 2 is 2.05 bits per heavy atom. The van der Waals surface area contributed by atoms with Crippen molar-refractivity contribution in [1.29, 1.82) is 0 Å². The molecule has 0 unspecified atom stereocenters. The van der Waals surface area contributed by atoms with Crippen molar-refractivity contribution in [3.63, 3.8) is 0 Å². The van der Waals surface area contributed by atoms with Gasteiger partial charge in [-0.25, -0.2) is 8.42 Å². The summed E-state index contributed by atoms with van der Waals surface area (Å²) in [7, 11) is 0.358. The maximum atomic E-state index is 12.7. The summed E-state index contributed by atoms with van der Waals surface area (Å²) in [5.74, 6) is 0.360. The van der Waals surface area contributed by atoms with E-state index in [9.17, 15) is 8.42 Å². The highest BCUT2D eigenvalue weighted by atomic mass is 35.5. The summed E-state index contributed by atoms with van der Waals surface area (Å²) < 4.78 is 27.0. The molecule has 0 aromatic carbocycles. The summed E-state index contributed by atoms with van der Waals surface area (Å²) in [6, 6.07) is 1.81. The second-order valence-corrected chi connectivity index (χ2v) is 8.90. The van der Waals surface area contributed by atoms with Crippen molar-refractivity contribution in [3.05, 3.63) is 15.8 Å². The van der Waals surface area contributed by atoms with E-state index in [0.717, 1.165) is 35.7 Å². The number of piperidine rings is 1. The van der Waals surface area contributed by atoms with Crippen LogP contribution in [0.3, 0.4) is 0 Å². The van der Waals surface area contributed by atoms with Crippen LogP contribution < -0.4 is 0 Å². The minimum absolute atomic E-state index is 0.0925. The lowest BCUT2D eigenvalue weighted by Gasteiger charge is -2.34. The van der Waals surface area contributed by atoms with E-state index in [-0.39, 0.29) is 6.04 Å². The molecule has 1 aromatic rings. The molecule has 1 fully saturated rings. The molecule has 0 radical (unpaired) electrons. The van der Waals surface area contributed by atoms with Gasteiger partial charge in [-0.05, 0) is 46.0 Å². The van der Waals surface area contributed by atoms with Gasteiger partial charge in [0.2, 0.25) is 10.0 Å². The minimum Gasteiger partial charge on any atom is -0.306 e. The molecule has 2 heterocycles. The Morgan fingerprint density at radius 1 is 1.45 bits per heavy atom. The normalized spacial score (nSPS) is 18.9. The van der Waals surface area contributed by atoms with Crippen molar-refractivity contribution in [2.24, 2.45) is 0 Å². The number of aryl methyl sites for hydroxylation is 1. The molecular weight excluding hydrogens is 316 g/mol. The van der Waals surface area contributed by atoms with Gasteiger partial charge in [0, 0.05) is 22.8 Å². The standard InChI is InChI=1S/C13H21ClN2O2S2/c1-10-13(8-12(9-14)19-10)20(17,18)16(3)11-4-6-15(2)7-5-11/h8,11H,4-7,9H2,1-3H3. The molecule has 0 atom stereocenters. The molecule has 4 nitrogen and oxygen atoms in total. The van der Waals surface area contributed by atoms with Gasteiger partial charge < -0.3 is 4.90 Å². The first kappa shape index (κ1) is 16.2. The molecule has 2 rings (SSSR count). The third-order valence-corrected chi connectivity index (χ3v) is 7.58. The second-order valence-electron chi connectivity index (χ2n) is 5.32. The van der Waals surface area contributed by atoms with E-state index in [1.54, 1.807) is 17.4 Å². The lowest BCUT2D eigenvalue weighted by atomic mass is 10.1. The van der Waals surface area contributed by atoms with Crippen LogP contribution in [-0.4, -0.2) is 50.8 Å². The fourth-order valence-electron chi connectivity index (χ4n) is 2.56. The highest BCUT2D eigenvalue weighted by molar-refractivity contribution is 7.89. The van der Waals surface area contributed by atoms with Crippen LogP contribution in [0, 0.1) is 6.92 Å². The number of hydrogen-bond donors (Lipinski definition) is 0. The Hall–Kier alpha value is -0.140. The van der Waals surface area contributed by atoms with Crippen molar-refractivity contribution in [2.75, 3.05) is 27.2 Å². The Labute approximate surface area is 130 Å². The number of halogens is 1. The number of hydrogen-bond acceptors (Lipinski definition) is 4. The lowest BCUT2D eigenvalue weighted by Crippen LogP contribution is -2.44.